The first kappa shape index (κ1) is 10.3. The summed E-state index contributed by atoms with van der Waals surface area (Å²) >= 11 is 1.06. The average molecular weight is 215 g/mol. The third-order valence-corrected chi connectivity index (χ3v) is 2.29. The number of fused-ring (bicyclic) bond motifs is 1. The van der Waals surface area contributed by atoms with E-state index in [1.54, 1.807) is 0 Å². The van der Waals surface area contributed by atoms with Crippen LogP contribution in [0.25, 0.3) is 4.96 Å². The molecule has 0 aliphatic rings. The maximum atomic E-state index is 11.3. The number of hydrogen-bond acceptors (Lipinski definition) is 5. The SMILES string of the molecule is O.O=C(O)c1csc2ncnn2c1=O. The van der Waals surface area contributed by atoms with Crippen molar-refractivity contribution in [3.05, 3.63) is 27.6 Å². The average Bonchev–Trinajstić information content (AvgIpc) is 2.52. The highest BCUT2D eigenvalue weighted by Crippen LogP contribution is 2.04. The molecule has 14 heavy (non-hydrogen) atoms. The lowest BCUT2D eigenvalue weighted by Gasteiger charge is -1.91. The Hall–Kier alpha value is -1.80. The van der Waals surface area contributed by atoms with Gasteiger partial charge in [-0.05, 0) is 0 Å². The van der Waals surface area contributed by atoms with Crippen LogP contribution in [0.4, 0.5) is 0 Å². The first-order valence-corrected chi connectivity index (χ1v) is 4.13. The number of rotatable bonds is 1. The molecule has 0 atom stereocenters. The minimum Gasteiger partial charge on any atom is -0.477 e. The second-order valence-electron chi connectivity index (χ2n) is 2.21. The van der Waals surface area contributed by atoms with Gasteiger partial charge in [0.25, 0.3) is 5.56 Å². The summed E-state index contributed by atoms with van der Waals surface area (Å²) in [5, 5.41) is 13.5. The van der Waals surface area contributed by atoms with Crippen LogP contribution in [-0.2, 0) is 0 Å². The van der Waals surface area contributed by atoms with Crippen molar-refractivity contribution >= 4 is 22.3 Å². The minimum atomic E-state index is -1.25. The Morgan fingerprint density at radius 3 is 2.93 bits per heavy atom. The smallest absolute Gasteiger partial charge is 0.342 e. The Morgan fingerprint density at radius 1 is 1.57 bits per heavy atom. The molecular formula is C6H5N3O4S. The van der Waals surface area contributed by atoms with Gasteiger partial charge >= 0.3 is 5.97 Å². The van der Waals surface area contributed by atoms with Crippen LogP contribution in [0.2, 0.25) is 0 Å². The summed E-state index contributed by atoms with van der Waals surface area (Å²) in [5.41, 5.74) is -0.943. The molecule has 0 amide bonds. The van der Waals surface area contributed by atoms with E-state index in [-0.39, 0.29) is 11.0 Å². The summed E-state index contributed by atoms with van der Waals surface area (Å²) in [5.74, 6) is -1.25. The molecule has 0 spiro atoms. The molecule has 0 saturated carbocycles. The largest absolute Gasteiger partial charge is 0.477 e. The van der Waals surface area contributed by atoms with Gasteiger partial charge in [-0.1, -0.05) is 0 Å². The van der Waals surface area contributed by atoms with Crippen LogP contribution >= 0.6 is 11.3 Å². The van der Waals surface area contributed by atoms with E-state index in [1.165, 1.54) is 11.7 Å². The fourth-order valence-electron chi connectivity index (χ4n) is 0.869. The fraction of sp³-hybridized carbons (Fsp3) is 0. The highest BCUT2D eigenvalue weighted by molar-refractivity contribution is 7.15. The lowest BCUT2D eigenvalue weighted by atomic mass is 10.4. The van der Waals surface area contributed by atoms with E-state index in [4.69, 9.17) is 5.11 Å². The molecule has 8 heteroatoms. The van der Waals surface area contributed by atoms with Crippen LogP contribution in [-0.4, -0.2) is 31.2 Å². The van der Waals surface area contributed by atoms with E-state index in [1.807, 2.05) is 0 Å². The van der Waals surface area contributed by atoms with Crippen molar-refractivity contribution < 1.29 is 15.4 Å². The zero-order chi connectivity index (χ0) is 9.42. The summed E-state index contributed by atoms with van der Waals surface area (Å²) in [6, 6.07) is 0. The first-order chi connectivity index (χ1) is 6.20. The summed E-state index contributed by atoms with van der Waals surface area (Å²) in [4.78, 5) is 26.0. The van der Waals surface area contributed by atoms with Crippen molar-refractivity contribution in [3.63, 3.8) is 0 Å². The van der Waals surface area contributed by atoms with Gasteiger partial charge in [-0.15, -0.1) is 11.3 Å². The molecule has 0 aliphatic heterocycles. The Bertz CT molecular complexity index is 531. The normalized spacial score (nSPS) is 9.71. The third-order valence-electron chi connectivity index (χ3n) is 1.45. The van der Waals surface area contributed by atoms with Crippen molar-refractivity contribution in [3.8, 4) is 0 Å². The van der Waals surface area contributed by atoms with Crippen molar-refractivity contribution in [2.24, 2.45) is 0 Å². The lowest BCUT2D eigenvalue weighted by Crippen LogP contribution is -2.21. The standard InChI is InChI=1S/C6H3N3O3S.H2O/c10-4-3(5(11)12)1-13-6-7-2-8-9(4)6;/h1-2H,(H,11,12);1H2. The quantitative estimate of drug-likeness (QED) is 0.656. The van der Waals surface area contributed by atoms with Gasteiger partial charge in [0.1, 0.15) is 11.9 Å². The van der Waals surface area contributed by atoms with E-state index in [2.05, 4.69) is 10.1 Å². The molecule has 0 aliphatic carbocycles. The molecule has 0 bridgehead atoms. The van der Waals surface area contributed by atoms with Crippen LogP contribution in [0, 0.1) is 0 Å². The maximum absolute atomic E-state index is 11.3. The van der Waals surface area contributed by atoms with E-state index < -0.39 is 11.5 Å². The van der Waals surface area contributed by atoms with Gasteiger partial charge in [-0.25, -0.2) is 9.78 Å². The summed E-state index contributed by atoms with van der Waals surface area (Å²) in [6.07, 6.45) is 1.21. The van der Waals surface area contributed by atoms with E-state index in [0.717, 1.165) is 15.9 Å². The number of nitrogens with zero attached hydrogens (tertiary/aromatic N) is 3. The molecule has 0 fully saturated rings. The summed E-state index contributed by atoms with van der Waals surface area (Å²) in [7, 11) is 0. The molecule has 0 radical (unpaired) electrons. The molecule has 2 aromatic rings. The number of carboxylic acid groups (broad SMARTS) is 1. The second-order valence-corrected chi connectivity index (χ2v) is 3.05. The van der Waals surface area contributed by atoms with Gasteiger partial charge in [0.05, 0.1) is 0 Å². The highest BCUT2D eigenvalue weighted by Gasteiger charge is 2.11. The molecular weight excluding hydrogens is 210 g/mol. The molecule has 3 N–H and O–H groups in total. The van der Waals surface area contributed by atoms with Crippen LogP contribution in [0.3, 0.4) is 0 Å². The zero-order valence-electron chi connectivity index (χ0n) is 6.67. The van der Waals surface area contributed by atoms with E-state index in [9.17, 15) is 9.59 Å². The highest BCUT2D eigenvalue weighted by atomic mass is 32.1. The van der Waals surface area contributed by atoms with E-state index in [0.29, 0.717) is 4.96 Å². The van der Waals surface area contributed by atoms with Gasteiger partial charge in [0.15, 0.2) is 0 Å². The first-order valence-electron chi connectivity index (χ1n) is 3.25. The Labute approximate surface area is 80.6 Å². The monoisotopic (exact) mass is 215 g/mol. The molecule has 2 heterocycles. The molecule has 0 aromatic carbocycles. The van der Waals surface area contributed by atoms with Crippen LogP contribution in [0.15, 0.2) is 16.5 Å². The molecule has 7 nitrogen and oxygen atoms in total. The van der Waals surface area contributed by atoms with Gasteiger partial charge in [0, 0.05) is 5.38 Å². The summed E-state index contributed by atoms with van der Waals surface area (Å²) in [6.45, 7) is 0. The maximum Gasteiger partial charge on any atom is 0.342 e. The third kappa shape index (κ3) is 1.36. The predicted molar refractivity (Wildman–Crippen MR) is 47.7 cm³/mol. The van der Waals surface area contributed by atoms with Crippen LogP contribution < -0.4 is 5.56 Å². The molecule has 2 aromatic heterocycles. The topological polar surface area (TPSA) is 116 Å². The van der Waals surface area contributed by atoms with Crippen molar-refractivity contribution in [2.45, 2.75) is 0 Å². The number of carboxylic acids is 1. The predicted octanol–water partition coefficient (Wildman–Crippen LogP) is -0.976. The molecule has 2 rings (SSSR count). The number of carbonyl (C=O) groups is 1. The summed E-state index contributed by atoms with van der Waals surface area (Å²) < 4.78 is 0.966. The van der Waals surface area contributed by atoms with Crippen LogP contribution in [0.1, 0.15) is 10.4 Å². The van der Waals surface area contributed by atoms with Gasteiger partial charge in [-0.3, -0.25) is 4.79 Å². The zero-order valence-corrected chi connectivity index (χ0v) is 7.48. The van der Waals surface area contributed by atoms with Gasteiger partial charge < -0.3 is 10.6 Å². The Morgan fingerprint density at radius 2 is 2.29 bits per heavy atom. The number of aromatic nitrogens is 3. The minimum absolute atomic E-state index is 0. The lowest BCUT2D eigenvalue weighted by molar-refractivity contribution is 0.0695. The number of hydrogen-bond donors (Lipinski definition) is 1. The molecule has 0 unspecified atom stereocenters. The van der Waals surface area contributed by atoms with Crippen molar-refractivity contribution in [2.75, 3.05) is 0 Å². The Kier molecular flexibility index (Phi) is 2.58. The van der Waals surface area contributed by atoms with Gasteiger partial charge in [0.2, 0.25) is 4.96 Å². The van der Waals surface area contributed by atoms with E-state index >= 15 is 0 Å². The molecule has 0 saturated heterocycles. The Balaban J connectivity index is 0.000000980. The van der Waals surface area contributed by atoms with Crippen molar-refractivity contribution in [1.29, 1.82) is 0 Å². The van der Waals surface area contributed by atoms with Crippen molar-refractivity contribution in [1.82, 2.24) is 14.6 Å². The van der Waals surface area contributed by atoms with Gasteiger partial charge in [-0.2, -0.15) is 9.61 Å². The number of aromatic carboxylic acids is 1. The van der Waals surface area contributed by atoms with Crippen LogP contribution in [0.5, 0.6) is 0 Å². The second kappa shape index (κ2) is 3.52. The fourth-order valence-corrected chi connectivity index (χ4v) is 1.63. The molecule has 74 valence electrons.